The summed E-state index contributed by atoms with van der Waals surface area (Å²) in [4.78, 5) is 0. The third-order valence-corrected chi connectivity index (χ3v) is 4.23. The van der Waals surface area contributed by atoms with E-state index in [9.17, 15) is 0 Å². The monoisotopic (exact) mass is 291 g/mol. The first-order chi connectivity index (χ1) is 9.66. The van der Waals surface area contributed by atoms with Gasteiger partial charge in [-0.15, -0.1) is 0 Å². The van der Waals surface area contributed by atoms with E-state index in [2.05, 4.69) is 16.5 Å². The number of halogens is 1. The molecule has 0 spiro atoms. The SMILES string of the molecule is Cc1nn(C)c(Cl)c1CN[C@H]1CCOc2ccccc21. The van der Waals surface area contributed by atoms with Gasteiger partial charge in [0.1, 0.15) is 10.9 Å². The zero-order valence-electron chi connectivity index (χ0n) is 11.7. The van der Waals surface area contributed by atoms with Gasteiger partial charge in [-0.05, 0) is 13.0 Å². The standard InChI is InChI=1S/C15H18ClN3O/c1-10-12(15(16)19(2)18-10)9-17-13-7-8-20-14-6-4-3-5-11(13)14/h3-6,13,17H,7-9H2,1-2H3/t13-/m0/s1. The summed E-state index contributed by atoms with van der Waals surface area (Å²) >= 11 is 6.27. The zero-order chi connectivity index (χ0) is 14.1. The summed E-state index contributed by atoms with van der Waals surface area (Å²) in [6.45, 7) is 3.45. The fourth-order valence-corrected chi connectivity index (χ4v) is 2.90. The predicted molar refractivity (Wildman–Crippen MR) is 79.1 cm³/mol. The van der Waals surface area contributed by atoms with Crippen molar-refractivity contribution in [2.75, 3.05) is 6.61 Å². The van der Waals surface area contributed by atoms with E-state index in [0.29, 0.717) is 11.2 Å². The van der Waals surface area contributed by atoms with Crippen molar-refractivity contribution in [3.63, 3.8) is 0 Å². The molecular formula is C15H18ClN3O. The van der Waals surface area contributed by atoms with Crippen LogP contribution in [0.2, 0.25) is 5.15 Å². The molecule has 3 rings (SSSR count). The molecule has 20 heavy (non-hydrogen) atoms. The Kier molecular flexibility index (Phi) is 3.68. The van der Waals surface area contributed by atoms with Gasteiger partial charge in [0, 0.05) is 37.2 Å². The first kappa shape index (κ1) is 13.5. The number of nitrogens with zero attached hydrogens (tertiary/aromatic N) is 2. The second kappa shape index (κ2) is 5.46. The van der Waals surface area contributed by atoms with Crippen molar-refractivity contribution in [1.82, 2.24) is 15.1 Å². The first-order valence-corrected chi connectivity index (χ1v) is 7.17. The Morgan fingerprint density at radius 1 is 1.45 bits per heavy atom. The second-order valence-corrected chi connectivity index (χ2v) is 5.44. The maximum atomic E-state index is 6.27. The topological polar surface area (TPSA) is 39.1 Å². The number of hydrogen-bond acceptors (Lipinski definition) is 3. The minimum Gasteiger partial charge on any atom is -0.493 e. The van der Waals surface area contributed by atoms with Gasteiger partial charge in [0.15, 0.2) is 0 Å². The quantitative estimate of drug-likeness (QED) is 0.945. The lowest BCUT2D eigenvalue weighted by atomic mass is 10.0. The van der Waals surface area contributed by atoms with Gasteiger partial charge in [-0.1, -0.05) is 29.8 Å². The van der Waals surface area contributed by atoms with Crippen LogP contribution in [-0.2, 0) is 13.6 Å². The van der Waals surface area contributed by atoms with Crippen LogP contribution < -0.4 is 10.1 Å². The van der Waals surface area contributed by atoms with E-state index >= 15 is 0 Å². The zero-order valence-corrected chi connectivity index (χ0v) is 12.4. The summed E-state index contributed by atoms with van der Waals surface area (Å²) in [7, 11) is 1.86. The number of ether oxygens (including phenoxy) is 1. The van der Waals surface area contributed by atoms with Crippen LogP contribution in [0.1, 0.15) is 29.3 Å². The number of aromatic nitrogens is 2. The lowest BCUT2D eigenvalue weighted by molar-refractivity contribution is 0.252. The number of aryl methyl sites for hydroxylation is 2. The van der Waals surface area contributed by atoms with Gasteiger partial charge in [0.2, 0.25) is 0 Å². The van der Waals surface area contributed by atoms with Gasteiger partial charge >= 0.3 is 0 Å². The molecule has 5 heteroatoms. The van der Waals surface area contributed by atoms with E-state index in [1.54, 1.807) is 4.68 Å². The third kappa shape index (κ3) is 2.41. The number of benzene rings is 1. The van der Waals surface area contributed by atoms with Crippen molar-refractivity contribution in [2.45, 2.75) is 25.9 Å². The fourth-order valence-electron chi connectivity index (χ4n) is 2.65. The van der Waals surface area contributed by atoms with Gasteiger partial charge in [-0.2, -0.15) is 5.10 Å². The molecule has 1 aromatic carbocycles. The average molecular weight is 292 g/mol. The Balaban J connectivity index is 1.77. The normalized spacial score (nSPS) is 17.6. The molecule has 0 saturated heterocycles. The number of para-hydroxylation sites is 1. The molecule has 1 aromatic heterocycles. The van der Waals surface area contributed by atoms with Crippen LogP contribution in [-0.4, -0.2) is 16.4 Å². The van der Waals surface area contributed by atoms with Gasteiger partial charge in [-0.25, -0.2) is 0 Å². The van der Waals surface area contributed by atoms with E-state index in [1.165, 1.54) is 5.56 Å². The Bertz CT molecular complexity index is 624. The summed E-state index contributed by atoms with van der Waals surface area (Å²) in [5, 5.41) is 8.61. The molecule has 0 bridgehead atoms. The predicted octanol–water partition coefficient (Wildman–Crippen LogP) is 3.00. The molecule has 0 saturated carbocycles. The van der Waals surface area contributed by atoms with Gasteiger partial charge < -0.3 is 10.1 Å². The summed E-state index contributed by atoms with van der Waals surface area (Å²) in [6, 6.07) is 8.49. The minimum atomic E-state index is 0.302. The molecule has 2 heterocycles. The molecule has 1 aliphatic rings. The molecule has 2 aromatic rings. The van der Waals surface area contributed by atoms with Crippen LogP contribution in [0.4, 0.5) is 0 Å². The van der Waals surface area contributed by atoms with Crippen molar-refractivity contribution >= 4 is 11.6 Å². The van der Waals surface area contributed by atoms with Crippen molar-refractivity contribution in [3.8, 4) is 5.75 Å². The van der Waals surface area contributed by atoms with E-state index in [0.717, 1.165) is 36.6 Å². The molecule has 1 N–H and O–H groups in total. The molecular weight excluding hydrogens is 274 g/mol. The largest absolute Gasteiger partial charge is 0.493 e. The van der Waals surface area contributed by atoms with Gasteiger partial charge in [0.25, 0.3) is 0 Å². The minimum absolute atomic E-state index is 0.302. The highest BCUT2D eigenvalue weighted by molar-refractivity contribution is 6.30. The molecule has 4 nitrogen and oxygen atoms in total. The van der Waals surface area contributed by atoms with Crippen molar-refractivity contribution in [1.29, 1.82) is 0 Å². The molecule has 0 unspecified atom stereocenters. The maximum absolute atomic E-state index is 6.27. The van der Waals surface area contributed by atoms with Crippen molar-refractivity contribution < 1.29 is 4.74 Å². The highest BCUT2D eigenvalue weighted by atomic mass is 35.5. The Labute approximate surface area is 123 Å². The average Bonchev–Trinajstić information content (AvgIpc) is 2.70. The fraction of sp³-hybridized carbons (Fsp3) is 0.400. The van der Waals surface area contributed by atoms with Crippen LogP contribution in [0.15, 0.2) is 24.3 Å². The first-order valence-electron chi connectivity index (χ1n) is 6.80. The smallest absolute Gasteiger partial charge is 0.131 e. The lowest BCUT2D eigenvalue weighted by Crippen LogP contribution is -2.26. The molecule has 1 atom stereocenters. The van der Waals surface area contributed by atoms with E-state index in [4.69, 9.17) is 16.3 Å². The molecule has 0 fully saturated rings. The Morgan fingerprint density at radius 2 is 2.25 bits per heavy atom. The number of hydrogen-bond donors (Lipinski definition) is 1. The highest BCUT2D eigenvalue weighted by Crippen LogP contribution is 2.32. The molecule has 0 amide bonds. The molecule has 106 valence electrons. The summed E-state index contributed by atoms with van der Waals surface area (Å²) in [5.74, 6) is 0.977. The van der Waals surface area contributed by atoms with Crippen molar-refractivity contribution in [2.24, 2.45) is 7.05 Å². The molecule has 0 aliphatic carbocycles. The Hall–Kier alpha value is -1.52. The van der Waals surface area contributed by atoms with Crippen LogP contribution in [0.5, 0.6) is 5.75 Å². The number of nitrogens with one attached hydrogen (secondary N) is 1. The van der Waals surface area contributed by atoms with Crippen molar-refractivity contribution in [3.05, 3.63) is 46.2 Å². The highest BCUT2D eigenvalue weighted by Gasteiger charge is 2.21. The summed E-state index contributed by atoms with van der Waals surface area (Å²) in [6.07, 6.45) is 0.966. The second-order valence-electron chi connectivity index (χ2n) is 5.09. The van der Waals surface area contributed by atoms with Crippen LogP contribution >= 0.6 is 11.6 Å². The van der Waals surface area contributed by atoms with E-state index in [-0.39, 0.29) is 0 Å². The number of fused-ring (bicyclic) bond motifs is 1. The van der Waals surface area contributed by atoms with Crippen LogP contribution in [0.3, 0.4) is 0 Å². The van der Waals surface area contributed by atoms with Gasteiger partial charge in [-0.3, -0.25) is 4.68 Å². The summed E-state index contributed by atoms with van der Waals surface area (Å²) < 4.78 is 7.39. The lowest BCUT2D eigenvalue weighted by Gasteiger charge is -2.26. The van der Waals surface area contributed by atoms with Crippen LogP contribution in [0.25, 0.3) is 0 Å². The molecule has 0 radical (unpaired) electrons. The van der Waals surface area contributed by atoms with E-state index in [1.807, 2.05) is 32.2 Å². The third-order valence-electron chi connectivity index (χ3n) is 3.75. The molecule has 1 aliphatic heterocycles. The van der Waals surface area contributed by atoms with Crippen LogP contribution in [0, 0.1) is 6.92 Å². The summed E-state index contributed by atoms with van der Waals surface area (Å²) in [5.41, 5.74) is 3.26. The maximum Gasteiger partial charge on any atom is 0.131 e. The Morgan fingerprint density at radius 3 is 3.00 bits per heavy atom. The number of rotatable bonds is 3. The van der Waals surface area contributed by atoms with E-state index < -0.39 is 0 Å². The van der Waals surface area contributed by atoms with Gasteiger partial charge in [0.05, 0.1) is 12.3 Å².